The van der Waals surface area contributed by atoms with Crippen molar-refractivity contribution < 1.29 is 9.53 Å². The molecule has 0 saturated carbocycles. The second-order valence-electron chi connectivity index (χ2n) is 9.03. The number of hydrogen-bond acceptors (Lipinski definition) is 4. The summed E-state index contributed by atoms with van der Waals surface area (Å²) in [5.74, 6) is 1.05. The van der Waals surface area contributed by atoms with E-state index in [1.165, 1.54) is 11.1 Å². The first-order valence-electron chi connectivity index (χ1n) is 11.7. The second kappa shape index (κ2) is 10.5. The van der Waals surface area contributed by atoms with E-state index in [4.69, 9.17) is 10.5 Å². The lowest BCUT2D eigenvalue weighted by Gasteiger charge is -2.32. The van der Waals surface area contributed by atoms with Crippen LogP contribution in [0.4, 0.5) is 11.4 Å². The summed E-state index contributed by atoms with van der Waals surface area (Å²) in [6, 6.07) is 23.7. The Bertz CT molecular complexity index is 1060. The molecule has 3 N–H and O–H groups in total. The number of hydrogen-bond donors (Lipinski definition) is 2. The molecule has 0 spiro atoms. The number of amides is 1. The van der Waals surface area contributed by atoms with Crippen LogP contribution < -0.4 is 15.8 Å². The van der Waals surface area contributed by atoms with Gasteiger partial charge >= 0.3 is 0 Å². The monoisotopic (exact) mass is 443 g/mol. The molecule has 3 aromatic carbocycles. The maximum atomic E-state index is 12.8. The minimum atomic E-state index is -0.125. The third-order valence-corrected chi connectivity index (χ3v) is 6.10. The molecule has 1 saturated heterocycles. The summed E-state index contributed by atoms with van der Waals surface area (Å²) in [4.78, 5) is 15.3. The SMILES string of the molecule is CC(C)Oc1ccc(C2CCN(Cc3ccc(N)cc3)CC2)cc1NC(=O)c1ccccc1. The molecular weight excluding hydrogens is 410 g/mol. The molecule has 0 unspecified atom stereocenters. The molecule has 1 fully saturated rings. The van der Waals surface area contributed by atoms with E-state index < -0.39 is 0 Å². The van der Waals surface area contributed by atoms with Crippen LogP contribution in [0, 0.1) is 0 Å². The van der Waals surface area contributed by atoms with Crippen LogP contribution >= 0.6 is 0 Å². The van der Waals surface area contributed by atoms with Crippen molar-refractivity contribution >= 4 is 17.3 Å². The first-order valence-corrected chi connectivity index (χ1v) is 11.7. The number of rotatable bonds is 7. The number of nitrogens with zero attached hydrogens (tertiary/aromatic N) is 1. The van der Waals surface area contributed by atoms with Crippen LogP contribution in [-0.2, 0) is 6.54 Å². The average Bonchev–Trinajstić information content (AvgIpc) is 2.82. The summed E-state index contributed by atoms with van der Waals surface area (Å²) in [5.41, 5.74) is 10.5. The largest absolute Gasteiger partial charge is 0.489 e. The van der Waals surface area contributed by atoms with Gasteiger partial charge in [0.05, 0.1) is 11.8 Å². The van der Waals surface area contributed by atoms with Crippen LogP contribution in [0.1, 0.15) is 54.1 Å². The zero-order chi connectivity index (χ0) is 23.2. The van der Waals surface area contributed by atoms with E-state index in [-0.39, 0.29) is 12.0 Å². The Labute approximate surface area is 196 Å². The smallest absolute Gasteiger partial charge is 0.255 e. The van der Waals surface area contributed by atoms with Gasteiger partial charge in [-0.25, -0.2) is 0 Å². The number of ether oxygens (including phenoxy) is 1. The fourth-order valence-electron chi connectivity index (χ4n) is 4.35. The van der Waals surface area contributed by atoms with Crippen LogP contribution in [0.25, 0.3) is 0 Å². The Morgan fingerprint density at radius 1 is 1.03 bits per heavy atom. The lowest BCUT2D eigenvalue weighted by Crippen LogP contribution is -2.32. The number of carbonyl (C=O) groups is 1. The average molecular weight is 444 g/mol. The summed E-state index contributed by atoms with van der Waals surface area (Å²) < 4.78 is 5.98. The zero-order valence-corrected chi connectivity index (χ0v) is 19.5. The van der Waals surface area contributed by atoms with Gasteiger partial charge in [0.15, 0.2) is 0 Å². The normalized spacial score (nSPS) is 14.9. The van der Waals surface area contributed by atoms with Crippen molar-refractivity contribution in [3.63, 3.8) is 0 Å². The summed E-state index contributed by atoms with van der Waals surface area (Å²) in [5, 5.41) is 3.07. The van der Waals surface area contributed by atoms with Gasteiger partial charge in [-0.3, -0.25) is 9.69 Å². The second-order valence-corrected chi connectivity index (χ2v) is 9.03. The van der Waals surface area contributed by atoms with Gasteiger partial charge in [-0.2, -0.15) is 0 Å². The van der Waals surface area contributed by atoms with E-state index in [9.17, 15) is 4.79 Å². The van der Waals surface area contributed by atoms with Crippen molar-refractivity contribution in [2.75, 3.05) is 24.1 Å². The Morgan fingerprint density at radius 3 is 2.39 bits per heavy atom. The van der Waals surface area contributed by atoms with Gasteiger partial charge in [0.25, 0.3) is 5.91 Å². The number of likely N-dealkylation sites (tertiary alicyclic amines) is 1. The molecule has 5 heteroatoms. The Balaban J connectivity index is 1.44. The van der Waals surface area contributed by atoms with Gasteiger partial charge < -0.3 is 15.8 Å². The number of nitrogens with one attached hydrogen (secondary N) is 1. The van der Waals surface area contributed by atoms with Gasteiger partial charge in [0.1, 0.15) is 5.75 Å². The standard InChI is InChI=1S/C28H33N3O2/c1-20(2)33-27-13-10-24(18-26(27)30-28(32)23-6-4-3-5-7-23)22-14-16-31(17-15-22)19-21-8-11-25(29)12-9-21/h3-13,18,20,22H,14-17,19,29H2,1-2H3,(H,30,32). The molecule has 4 rings (SSSR count). The molecule has 33 heavy (non-hydrogen) atoms. The molecule has 0 bridgehead atoms. The highest BCUT2D eigenvalue weighted by atomic mass is 16.5. The molecule has 5 nitrogen and oxygen atoms in total. The zero-order valence-electron chi connectivity index (χ0n) is 19.5. The predicted octanol–water partition coefficient (Wildman–Crippen LogP) is 5.69. The first-order chi connectivity index (χ1) is 16.0. The van der Waals surface area contributed by atoms with Gasteiger partial charge in [-0.05, 0) is 93.2 Å². The topological polar surface area (TPSA) is 67.6 Å². The Morgan fingerprint density at radius 2 is 1.73 bits per heavy atom. The maximum Gasteiger partial charge on any atom is 0.255 e. The third kappa shape index (κ3) is 6.14. The maximum absolute atomic E-state index is 12.8. The van der Waals surface area contributed by atoms with Gasteiger partial charge in [-0.15, -0.1) is 0 Å². The van der Waals surface area contributed by atoms with Crippen LogP contribution in [0.2, 0.25) is 0 Å². The lowest BCUT2D eigenvalue weighted by atomic mass is 9.89. The van der Waals surface area contributed by atoms with E-state index >= 15 is 0 Å². The molecule has 0 aliphatic carbocycles. The highest BCUT2D eigenvalue weighted by molar-refractivity contribution is 6.05. The number of nitrogen functional groups attached to an aromatic ring is 1. The molecule has 1 amide bonds. The van der Waals surface area contributed by atoms with Crippen LogP contribution in [-0.4, -0.2) is 30.0 Å². The molecule has 172 valence electrons. The highest BCUT2D eigenvalue weighted by Gasteiger charge is 2.22. The minimum absolute atomic E-state index is 0.0276. The van der Waals surface area contributed by atoms with E-state index in [0.717, 1.165) is 43.9 Å². The van der Waals surface area contributed by atoms with E-state index in [2.05, 4.69) is 34.5 Å². The van der Waals surface area contributed by atoms with Crippen LogP contribution in [0.5, 0.6) is 5.75 Å². The van der Waals surface area contributed by atoms with Crippen molar-refractivity contribution in [2.24, 2.45) is 0 Å². The predicted molar refractivity (Wildman–Crippen MR) is 135 cm³/mol. The van der Waals surface area contributed by atoms with Crippen molar-refractivity contribution in [3.05, 3.63) is 89.5 Å². The minimum Gasteiger partial charge on any atom is -0.489 e. The number of carbonyl (C=O) groups excluding carboxylic acids is 1. The van der Waals surface area contributed by atoms with E-state index in [1.807, 2.05) is 62.4 Å². The van der Waals surface area contributed by atoms with E-state index in [1.54, 1.807) is 0 Å². The number of piperidine rings is 1. The van der Waals surface area contributed by atoms with Gasteiger partial charge in [-0.1, -0.05) is 36.4 Å². The van der Waals surface area contributed by atoms with Gasteiger partial charge in [0, 0.05) is 17.8 Å². The molecule has 1 heterocycles. The fourth-order valence-corrected chi connectivity index (χ4v) is 4.35. The fraction of sp³-hybridized carbons (Fsp3) is 0.321. The van der Waals surface area contributed by atoms with Crippen molar-refractivity contribution in [3.8, 4) is 5.75 Å². The molecule has 1 aliphatic heterocycles. The lowest BCUT2D eigenvalue weighted by molar-refractivity contribution is 0.102. The van der Waals surface area contributed by atoms with Crippen molar-refractivity contribution in [2.45, 2.75) is 45.3 Å². The molecule has 3 aromatic rings. The summed E-state index contributed by atoms with van der Waals surface area (Å²) in [6.45, 7) is 7.03. The molecule has 0 radical (unpaired) electrons. The molecule has 0 aromatic heterocycles. The van der Waals surface area contributed by atoms with Gasteiger partial charge in [0.2, 0.25) is 0 Å². The number of nitrogens with two attached hydrogens (primary N) is 1. The molecule has 0 atom stereocenters. The third-order valence-electron chi connectivity index (χ3n) is 6.10. The van der Waals surface area contributed by atoms with Crippen LogP contribution in [0.3, 0.4) is 0 Å². The van der Waals surface area contributed by atoms with E-state index in [0.29, 0.717) is 17.2 Å². The quantitative estimate of drug-likeness (QED) is 0.461. The summed E-state index contributed by atoms with van der Waals surface area (Å²) in [7, 11) is 0. The highest BCUT2D eigenvalue weighted by Crippen LogP contribution is 2.35. The van der Waals surface area contributed by atoms with Crippen molar-refractivity contribution in [1.29, 1.82) is 0 Å². The molecular formula is C28H33N3O2. The summed E-state index contributed by atoms with van der Waals surface area (Å²) >= 11 is 0. The Hall–Kier alpha value is -3.31. The van der Waals surface area contributed by atoms with Crippen molar-refractivity contribution in [1.82, 2.24) is 4.90 Å². The number of benzene rings is 3. The Kier molecular flexibility index (Phi) is 7.30. The first kappa shape index (κ1) is 22.9. The summed E-state index contributed by atoms with van der Waals surface area (Å²) in [6.07, 6.45) is 2.21. The van der Waals surface area contributed by atoms with Crippen LogP contribution in [0.15, 0.2) is 72.8 Å². The number of anilines is 2. The molecule has 1 aliphatic rings.